The molecule has 0 heterocycles. The zero-order chi connectivity index (χ0) is 17.4. The number of hydrogen-bond acceptors (Lipinski definition) is 8. The summed E-state index contributed by atoms with van der Waals surface area (Å²) in [6.45, 7) is 0. The van der Waals surface area contributed by atoms with E-state index < -0.39 is 0 Å². The summed E-state index contributed by atoms with van der Waals surface area (Å²) in [5.41, 5.74) is 1.32. The second-order valence-electron chi connectivity index (χ2n) is 4.24. The first kappa shape index (κ1) is 18.7. The Morgan fingerprint density at radius 3 is 1.54 bits per heavy atom. The second-order valence-corrected chi connectivity index (χ2v) is 6.88. The fraction of sp³-hybridized carbons (Fsp3) is 0.125. The molecule has 0 aliphatic heterocycles. The molecule has 4 nitrogen and oxygen atoms in total. The van der Waals surface area contributed by atoms with Gasteiger partial charge in [-0.25, -0.2) is 0 Å². The first-order valence-corrected chi connectivity index (χ1v) is 9.54. The van der Waals surface area contributed by atoms with Crippen LogP contribution in [-0.2, 0) is 0 Å². The molecular formula is C16H12N2O2S4. The Morgan fingerprint density at radius 2 is 1.21 bits per heavy atom. The Morgan fingerprint density at radius 1 is 0.792 bits per heavy atom. The van der Waals surface area contributed by atoms with Gasteiger partial charge >= 0.3 is 0 Å². The van der Waals surface area contributed by atoms with Crippen molar-refractivity contribution >= 4 is 67.7 Å². The van der Waals surface area contributed by atoms with Crippen LogP contribution in [0.1, 0.15) is 0 Å². The summed E-state index contributed by atoms with van der Waals surface area (Å²) in [7, 11) is 6.38. The molecule has 0 unspecified atom stereocenters. The normalized spacial score (nSPS) is 9.58. The zero-order valence-corrected chi connectivity index (χ0v) is 16.1. The van der Waals surface area contributed by atoms with Gasteiger partial charge in [-0.15, -0.1) is 0 Å². The van der Waals surface area contributed by atoms with Crippen LogP contribution in [0.2, 0.25) is 0 Å². The van der Waals surface area contributed by atoms with Crippen molar-refractivity contribution in [2.75, 3.05) is 14.2 Å². The lowest BCUT2D eigenvalue weighted by Gasteiger charge is -2.08. The SMILES string of the molecule is COc1cc(SSc2ccc(N=C=S)c(OC)c2)ccc1N=C=S. The molecule has 0 aliphatic rings. The van der Waals surface area contributed by atoms with E-state index in [1.807, 2.05) is 36.4 Å². The number of ether oxygens (including phenoxy) is 2. The average molecular weight is 393 g/mol. The number of aliphatic imine (C=N–C) groups is 2. The minimum Gasteiger partial charge on any atom is -0.494 e. The van der Waals surface area contributed by atoms with Crippen LogP contribution in [0.15, 0.2) is 56.2 Å². The third kappa shape index (κ3) is 4.92. The van der Waals surface area contributed by atoms with Gasteiger partial charge in [0.1, 0.15) is 22.9 Å². The summed E-state index contributed by atoms with van der Waals surface area (Å²) in [6, 6.07) is 11.4. The molecule has 0 saturated heterocycles. The van der Waals surface area contributed by atoms with Crippen LogP contribution in [0.5, 0.6) is 11.5 Å². The fourth-order valence-electron chi connectivity index (χ4n) is 1.80. The smallest absolute Gasteiger partial charge is 0.146 e. The summed E-state index contributed by atoms with van der Waals surface area (Å²) in [5, 5.41) is 4.69. The predicted molar refractivity (Wildman–Crippen MR) is 107 cm³/mol. The summed E-state index contributed by atoms with van der Waals surface area (Å²) in [6.07, 6.45) is 0. The van der Waals surface area contributed by atoms with E-state index in [1.165, 1.54) is 0 Å². The molecule has 0 aromatic heterocycles. The van der Waals surface area contributed by atoms with E-state index in [-0.39, 0.29) is 0 Å². The van der Waals surface area contributed by atoms with Gasteiger partial charge in [-0.05, 0) is 60.8 Å². The molecule has 0 bridgehead atoms. The van der Waals surface area contributed by atoms with Crippen molar-refractivity contribution in [3.05, 3.63) is 36.4 Å². The molecule has 24 heavy (non-hydrogen) atoms. The molecule has 2 rings (SSSR count). The van der Waals surface area contributed by atoms with E-state index in [4.69, 9.17) is 9.47 Å². The molecule has 0 atom stereocenters. The molecule has 2 aromatic rings. The Balaban J connectivity index is 2.16. The molecule has 0 aliphatic carbocycles. The van der Waals surface area contributed by atoms with Crippen LogP contribution in [0.25, 0.3) is 0 Å². The van der Waals surface area contributed by atoms with Crippen molar-refractivity contribution in [2.45, 2.75) is 9.79 Å². The number of benzene rings is 2. The van der Waals surface area contributed by atoms with Crippen LogP contribution in [0, 0.1) is 0 Å². The second kappa shape index (κ2) is 9.59. The highest BCUT2D eigenvalue weighted by Gasteiger charge is 2.07. The van der Waals surface area contributed by atoms with Crippen molar-refractivity contribution in [3.8, 4) is 11.5 Å². The van der Waals surface area contributed by atoms with Crippen molar-refractivity contribution in [1.82, 2.24) is 0 Å². The first-order chi connectivity index (χ1) is 11.7. The van der Waals surface area contributed by atoms with Gasteiger partial charge in [0, 0.05) is 9.79 Å². The topological polar surface area (TPSA) is 43.2 Å². The minimum atomic E-state index is 0.654. The van der Waals surface area contributed by atoms with Crippen LogP contribution in [-0.4, -0.2) is 24.5 Å². The van der Waals surface area contributed by atoms with Gasteiger partial charge in [0.15, 0.2) is 0 Å². The fourth-order valence-corrected chi connectivity index (χ4v) is 3.94. The third-order valence-electron chi connectivity index (χ3n) is 2.87. The van der Waals surface area contributed by atoms with Crippen LogP contribution in [0.3, 0.4) is 0 Å². The predicted octanol–water partition coefficient (Wildman–Crippen LogP) is 5.97. The van der Waals surface area contributed by atoms with Crippen molar-refractivity contribution in [2.24, 2.45) is 9.98 Å². The highest BCUT2D eigenvalue weighted by atomic mass is 33.1. The van der Waals surface area contributed by atoms with Crippen molar-refractivity contribution < 1.29 is 9.47 Å². The first-order valence-electron chi connectivity index (χ1n) is 6.58. The highest BCUT2D eigenvalue weighted by Crippen LogP contribution is 2.42. The van der Waals surface area contributed by atoms with E-state index in [0.717, 1.165) is 9.79 Å². The van der Waals surface area contributed by atoms with Gasteiger partial charge in [0.25, 0.3) is 0 Å². The maximum absolute atomic E-state index is 5.32. The number of rotatable bonds is 7. The maximum atomic E-state index is 5.32. The zero-order valence-electron chi connectivity index (χ0n) is 12.8. The summed E-state index contributed by atoms with van der Waals surface area (Å²) >= 11 is 9.26. The number of nitrogens with zero attached hydrogens (tertiary/aromatic N) is 2. The molecule has 2 aromatic carbocycles. The van der Waals surface area contributed by atoms with Crippen LogP contribution >= 0.6 is 46.0 Å². The number of isothiocyanates is 2. The Hall–Kier alpha value is -1.66. The van der Waals surface area contributed by atoms with Crippen LogP contribution < -0.4 is 9.47 Å². The maximum Gasteiger partial charge on any atom is 0.146 e. The van der Waals surface area contributed by atoms with Gasteiger partial charge in [-0.3, -0.25) is 0 Å². The van der Waals surface area contributed by atoms with Gasteiger partial charge in [0.2, 0.25) is 0 Å². The Bertz CT molecular complexity index is 759. The summed E-state index contributed by atoms with van der Waals surface area (Å²) in [5.74, 6) is 1.31. The third-order valence-corrected chi connectivity index (χ3v) is 5.43. The van der Waals surface area contributed by atoms with E-state index in [0.29, 0.717) is 22.9 Å². The molecule has 0 fully saturated rings. The average Bonchev–Trinajstić information content (AvgIpc) is 2.62. The van der Waals surface area contributed by atoms with E-state index in [2.05, 4.69) is 44.7 Å². The minimum absolute atomic E-state index is 0.654. The van der Waals surface area contributed by atoms with Gasteiger partial charge < -0.3 is 9.47 Å². The van der Waals surface area contributed by atoms with Gasteiger partial charge in [-0.1, -0.05) is 21.6 Å². The Labute approximate surface area is 158 Å². The van der Waals surface area contributed by atoms with Gasteiger partial charge in [-0.2, -0.15) is 9.98 Å². The van der Waals surface area contributed by atoms with E-state index in [9.17, 15) is 0 Å². The number of thiocarbonyl (C=S) groups is 2. The van der Waals surface area contributed by atoms with E-state index in [1.54, 1.807) is 35.8 Å². The largest absolute Gasteiger partial charge is 0.494 e. The lowest BCUT2D eigenvalue weighted by molar-refractivity contribution is 0.415. The lowest BCUT2D eigenvalue weighted by atomic mass is 10.3. The monoisotopic (exact) mass is 392 g/mol. The highest BCUT2D eigenvalue weighted by molar-refractivity contribution is 8.76. The molecule has 8 heteroatoms. The molecular weight excluding hydrogens is 380 g/mol. The molecule has 0 saturated carbocycles. The lowest BCUT2D eigenvalue weighted by Crippen LogP contribution is -1.84. The van der Waals surface area contributed by atoms with Gasteiger partial charge in [0.05, 0.1) is 24.5 Å². The molecule has 122 valence electrons. The molecule has 0 N–H and O–H groups in total. The molecule has 0 radical (unpaired) electrons. The Kier molecular flexibility index (Phi) is 7.46. The van der Waals surface area contributed by atoms with Crippen molar-refractivity contribution in [1.29, 1.82) is 0 Å². The number of hydrogen-bond donors (Lipinski definition) is 0. The standard InChI is InChI=1S/C16H12N2O2S4/c1-19-15-7-11(3-5-13(15)17-9-21)23-24-12-4-6-14(18-10-22)16(8-12)20-2/h3-8H,1-2H3. The van der Waals surface area contributed by atoms with E-state index >= 15 is 0 Å². The van der Waals surface area contributed by atoms with Crippen LogP contribution in [0.4, 0.5) is 11.4 Å². The summed E-state index contributed by atoms with van der Waals surface area (Å²) < 4.78 is 10.6. The molecule has 0 amide bonds. The molecule has 0 spiro atoms. The summed E-state index contributed by atoms with van der Waals surface area (Å²) in [4.78, 5) is 9.99. The van der Waals surface area contributed by atoms with Crippen molar-refractivity contribution in [3.63, 3.8) is 0 Å². The number of methoxy groups -OCH3 is 2. The quantitative estimate of drug-likeness (QED) is 0.328.